The van der Waals surface area contributed by atoms with Gasteiger partial charge in [0.25, 0.3) is 0 Å². The van der Waals surface area contributed by atoms with Crippen molar-refractivity contribution in [2.75, 3.05) is 23.9 Å². The maximum atomic E-state index is 13.4. The van der Waals surface area contributed by atoms with Crippen LogP contribution in [0.3, 0.4) is 0 Å². The SMILES string of the molecule is CN1c2cccc3cccc(c23)N(C)C12C(=O)c1ccccc1C2=O. The highest BCUT2D eigenvalue weighted by Crippen LogP contribution is 2.48. The fourth-order valence-electron chi connectivity index (χ4n) is 4.40. The van der Waals surface area contributed by atoms with Gasteiger partial charge in [0.05, 0.1) is 0 Å². The number of carbonyl (C=O) groups excluding carboxylic acids is 2. The van der Waals surface area contributed by atoms with Crippen molar-refractivity contribution in [2.45, 2.75) is 5.66 Å². The molecule has 25 heavy (non-hydrogen) atoms. The third-order valence-electron chi connectivity index (χ3n) is 5.60. The maximum Gasteiger partial charge on any atom is 0.242 e. The van der Waals surface area contributed by atoms with E-state index in [0.717, 1.165) is 22.1 Å². The summed E-state index contributed by atoms with van der Waals surface area (Å²) < 4.78 is 0. The van der Waals surface area contributed by atoms with Gasteiger partial charge in [0.2, 0.25) is 17.2 Å². The van der Waals surface area contributed by atoms with Gasteiger partial charge in [-0.25, -0.2) is 0 Å². The van der Waals surface area contributed by atoms with E-state index in [1.165, 1.54) is 0 Å². The smallest absolute Gasteiger partial charge is 0.242 e. The molecule has 0 bridgehead atoms. The van der Waals surface area contributed by atoms with Crippen LogP contribution >= 0.6 is 0 Å². The summed E-state index contributed by atoms with van der Waals surface area (Å²) in [6.07, 6.45) is 0. The average molecular weight is 328 g/mol. The molecule has 0 atom stereocenters. The molecule has 0 amide bonds. The quantitative estimate of drug-likeness (QED) is 0.592. The second-order valence-corrected chi connectivity index (χ2v) is 6.65. The number of hydrogen-bond acceptors (Lipinski definition) is 4. The molecule has 1 aliphatic carbocycles. The van der Waals surface area contributed by atoms with Crippen molar-refractivity contribution in [1.82, 2.24) is 0 Å². The molecule has 1 heterocycles. The van der Waals surface area contributed by atoms with Crippen molar-refractivity contribution in [3.8, 4) is 0 Å². The Kier molecular flexibility index (Phi) is 2.55. The predicted octanol–water partition coefficient (Wildman–Crippen LogP) is 3.50. The number of benzene rings is 3. The van der Waals surface area contributed by atoms with Crippen LogP contribution in [0.1, 0.15) is 20.7 Å². The van der Waals surface area contributed by atoms with Gasteiger partial charge in [-0.2, -0.15) is 0 Å². The molecule has 0 fully saturated rings. The molecular weight excluding hydrogens is 312 g/mol. The fraction of sp³-hybridized carbons (Fsp3) is 0.143. The number of nitrogens with zero attached hydrogens (tertiary/aromatic N) is 2. The topological polar surface area (TPSA) is 40.6 Å². The highest BCUT2D eigenvalue weighted by Gasteiger charge is 2.60. The van der Waals surface area contributed by atoms with E-state index in [-0.39, 0.29) is 11.6 Å². The van der Waals surface area contributed by atoms with Crippen LogP contribution in [-0.2, 0) is 0 Å². The van der Waals surface area contributed by atoms with Crippen molar-refractivity contribution >= 4 is 33.7 Å². The average Bonchev–Trinajstić information content (AvgIpc) is 2.87. The van der Waals surface area contributed by atoms with Gasteiger partial charge in [-0.15, -0.1) is 0 Å². The Labute approximate surface area is 145 Å². The first-order valence-corrected chi connectivity index (χ1v) is 8.26. The summed E-state index contributed by atoms with van der Waals surface area (Å²) in [6.45, 7) is 0. The number of fused-ring (bicyclic) bond motifs is 1. The molecule has 0 radical (unpaired) electrons. The van der Waals surface area contributed by atoms with Gasteiger partial charge >= 0.3 is 0 Å². The monoisotopic (exact) mass is 328 g/mol. The molecule has 1 spiro atoms. The van der Waals surface area contributed by atoms with E-state index < -0.39 is 5.66 Å². The van der Waals surface area contributed by atoms with Crippen LogP contribution in [-0.4, -0.2) is 31.3 Å². The van der Waals surface area contributed by atoms with E-state index in [1.807, 2.05) is 48.2 Å². The van der Waals surface area contributed by atoms with Crippen LogP contribution in [0.4, 0.5) is 11.4 Å². The van der Waals surface area contributed by atoms with Gasteiger partial charge in [0, 0.05) is 42.0 Å². The van der Waals surface area contributed by atoms with Crippen LogP contribution < -0.4 is 9.80 Å². The molecule has 122 valence electrons. The number of ketones is 2. The number of Topliss-reactive ketones (excluding diaryl/α,β-unsaturated/α-hetero) is 2. The lowest BCUT2D eigenvalue weighted by Crippen LogP contribution is -2.67. The third-order valence-corrected chi connectivity index (χ3v) is 5.60. The number of carbonyl (C=O) groups is 2. The molecule has 0 N–H and O–H groups in total. The molecule has 0 saturated carbocycles. The Bertz CT molecular complexity index is 1000. The first kappa shape index (κ1) is 14.2. The molecule has 1 aliphatic heterocycles. The third kappa shape index (κ3) is 1.44. The minimum absolute atomic E-state index is 0.162. The number of anilines is 2. The minimum Gasteiger partial charge on any atom is -0.338 e. The van der Waals surface area contributed by atoms with E-state index in [1.54, 1.807) is 24.3 Å². The lowest BCUT2D eigenvalue weighted by atomic mass is 9.92. The van der Waals surface area contributed by atoms with E-state index in [2.05, 4.69) is 12.1 Å². The zero-order chi connectivity index (χ0) is 17.3. The fourth-order valence-corrected chi connectivity index (χ4v) is 4.40. The maximum absolute atomic E-state index is 13.4. The lowest BCUT2D eigenvalue weighted by molar-refractivity contribution is 0.0795. The van der Waals surface area contributed by atoms with Crippen molar-refractivity contribution in [1.29, 1.82) is 0 Å². The number of hydrogen-bond donors (Lipinski definition) is 0. The zero-order valence-electron chi connectivity index (χ0n) is 14.0. The normalized spacial score (nSPS) is 17.5. The predicted molar refractivity (Wildman–Crippen MR) is 98.6 cm³/mol. The molecule has 5 rings (SSSR count). The number of rotatable bonds is 0. The lowest BCUT2D eigenvalue weighted by Gasteiger charge is -2.48. The van der Waals surface area contributed by atoms with Crippen molar-refractivity contribution < 1.29 is 9.59 Å². The summed E-state index contributed by atoms with van der Waals surface area (Å²) in [4.78, 5) is 30.5. The van der Waals surface area contributed by atoms with Crippen molar-refractivity contribution in [3.63, 3.8) is 0 Å². The Morgan fingerprint density at radius 3 is 1.64 bits per heavy atom. The van der Waals surface area contributed by atoms with Crippen LogP contribution in [0, 0.1) is 0 Å². The Hall–Kier alpha value is -3.14. The highest BCUT2D eigenvalue weighted by atomic mass is 16.2. The van der Waals surface area contributed by atoms with Crippen LogP contribution in [0.5, 0.6) is 0 Å². The second-order valence-electron chi connectivity index (χ2n) is 6.65. The van der Waals surface area contributed by atoms with E-state index in [4.69, 9.17) is 0 Å². The van der Waals surface area contributed by atoms with Crippen LogP contribution in [0.15, 0.2) is 60.7 Å². The summed E-state index contributed by atoms with van der Waals surface area (Å²) in [5, 5.41) is 2.16. The Morgan fingerprint density at radius 1 is 0.680 bits per heavy atom. The van der Waals surface area contributed by atoms with E-state index >= 15 is 0 Å². The summed E-state index contributed by atoms with van der Waals surface area (Å²) in [5.41, 5.74) is 1.45. The highest BCUT2D eigenvalue weighted by molar-refractivity contribution is 6.37. The molecular formula is C21H16N2O2. The van der Waals surface area contributed by atoms with Gasteiger partial charge in [0.15, 0.2) is 0 Å². The standard InChI is InChI=1S/C21H16N2O2/c1-22-16-11-5-7-13-8-6-12-17(18(13)16)23(2)21(22)19(24)14-9-3-4-10-15(14)20(21)25/h3-12H,1-2H3. The first-order chi connectivity index (χ1) is 12.1. The molecule has 4 nitrogen and oxygen atoms in total. The molecule has 3 aromatic carbocycles. The molecule has 0 aromatic heterocycles. The number of likely N-dealkylation sites (N-methyl/N-ethyl adjacent to an activating group) is 2. The molecule has 4 heteroatoms. The van der Waals surface area contributed by atoms with Gasteiger partial charge in [-0.1, -0.05) is 48.5 Å². The van der Waals surface area contributed by atoms with Crippen LogP contribution in [0.2, 0.25) is 0 Å². The van der Waals surface area contributed by atoms with Crippen LogP contribution in [0.25, 0.3) is 10.8 Å². The van der Waals surface area contributed by atoms with E-state index in [0.29, 0.717) is 11.1 Å². The molecule has 0 unspecified atom stereocenters. The van der Waals surface area contributed by atoms with Gasteiger partial charge < -0.3 is 9.80 Å². The summed E-state index contributed by atoms with van der Waals surface area (Å²) in [6, 6.07) is 19.1. The minimum atomic E-state index is -1.35. The zero-order valence-corrected chi connectivity index (χ0v) is 14.0. The largest absolute Gasteiger partial charge is 0.338 e. The Balaban J connectivity index is 1.86. The van der Waals surface area contributed by atoms with Crippen molar-refractivity contribution in [3.05, 3.63) is 71.8 Å². The van der Waals surface area contributed by atoms with Gasteiger partial charge in [-0.3, -0.25) is 9.59 Å². The summed E-state index contributed by atoms with van der Waals surface area (Å²) in [5.74, 6) is -0.325. The molecule has 3 aromatic rings. The second kappa shape index (κ2) is 4.48. The van der Waals surface area contributed by atoms with Gasteiger partial charge in [0.1, 0.15) is 0 Å². The summed E-state index contributed by atoms with van der Waals surface area (Å²) in [7, 11) is 3.67. The molecule has 2 aliphatic rings. The van der Waals surface area contributed by atoms with E-state index in [9.17, 15) is 9.59 Å². The molecule has 0 saturated heterocycles. The Morgan fingerprint density at radius 2 is 1.16 bits per heavy atom. The van der Waals surface area contributed by atoms with Gasteiger partial charge in [-0.05, 0) is 17.5 Å². The van der Waals surface area contributed by atoms with Crippen molar-refractivity contribution in [2.24, 2.45) is 0 Å². The first-order valence-electron chi connectivity index (χ1n) is 8.26. The summed E-state index contributed by atoms with van der Waals surface area (Å²) >= 11 is 0.